The third-order valence-corrected chi connectivity index (χ3v) is 2.73. The number of piperazine rings is 1. The maximum absolute atomic E-state index is 12.1. The second kappa shape index (κ2) is 4.91. The zero-order valence-corrected chi connectivity index (χ0v) is 9.46. The monoisotopic (exact) mass is 252 g/mol. The number of amides is 2. The minimum absolute atomic E-state index is 0.285. The van der Waals surface area contributed by atoms with Crippen molar-refractivity contribution in [3.8, 4) is 0 Å². The first-order valence-electron chi connectivity index (χ1n) is 5.42. The first-order valence-corrected chi connectivity index (χ1v) is 5.42. The second-order valence-corrected chi connectivity index (χ2v) is 3.92. The van der Waals surface area contributed by atoms with Gasteiger partial charge in [-0.1, -0.05) is 0 Å². The van der Waals surface area contributed by atoms with Crippen LogP contribution in [0.2, 0.25) is 0 Å². The van der Waals surface area contributed by atoms with E-state index in [2.05, 4.69) is 5.32 Å². The molecule has 1 aromatic rings. The van der Waals surface area contributed by atoms with Gasteiger partial charge in [0.25, 0.3) is 5.91 Å². The van der Waals surface area contributed by atoms with Gasteiger partial charge in [-0.2, -0.15) is 0 Å². The molecule has 2 heterocycles. The number of furan rings is 1. The molecule has 0 aromatic carbocycles. The number of hydrogen-bond acceptors (Lipinski definition) is 4. The number of hydrogen-bond donors (Lipinski definition) is 2. The molecule has 7 nitrogen and oxygen atoms in total. The molecule has 0 saturated carbocycles. The predicted octanol–water partition coefficient (Wildman–Crippen LogP) is -0.305. The van der Waals surface area contributed by atoms with Crippen LogP contribution in [-0.4, -0.2) is 46.9 Å². The molecule has 0 aliphatic carbocycles. The van der Waals surface area contributed by atoms with Crippen molar-refractivity contribution in [3.63, 3.8) is 0 Å². The second-order valence-electron chi connectivity index (χ2n) is 3.92. The summed E-state index contributed by atoms with van der Waals surface area (Å²) in [6.07, 6.45) is 2.21. The summed E-state index contributed by atoms with van der Waals surface area (Å²) in [5.74, 6) is -1.97. The van der Waals surface area contributed by atoms with E-state index in [0.29, 0.717) is 12.1 Å². The third-order valence-electron chi connectivity index (χ3n) is 2.73. The van der Waals surface area contributed by atoms with E-state index >= 15 is 0 Å². The Bertz CT molecular complexity index is 468. The minimum Gasteiger partial charge on any atom is -0.481 e. The average Bonchev–Trinajstić information content (AvgIpc) is 2.84. The van der Waals surface area contributed by atoms with Crippen LogP contribution < -0.4 is 5.32 Å². The van der Waals surface area contributed by atoms with Crippen molar-refractivity contribution in [2.24, 2.45) is 0 Å². The summed E-state index contributed by atoms with van der Waals surface area (Å²) in [4.78, 5) is 35.7. The molecule has 1 atom stereocenters. The number of nitrogens with one attached hydrogen (secondary N) is 1. The molecule has 1 saturated heterocycles. The van der Waals surface area contributed by atoms with Crippen molar-refractivity contribution >= 4 is 17.8 Å². The molecule has 96 valence electrons. The maximum atomic E-state index is 12.1. The number of nitrogens with zero attached hydrogens (tertiary/aromatic N) is 1. The Hall–Kier alpha value is -2.31. The van der Waals surface area contributed by atoms with Crippen LogP contribution in [-0.2, 0) is 9.59 Å². The highest BCUT2D eigenvalue weighted by Crippen LogP contribution is 2.14. The molecule has 2 rings (SSSR count). The molecule has 1 unspecified atom stereocenters. The van der Waals surface area contributed by atoms with Crippen molar-refractivity contribution < 1.29 is 23.9 Å². The lowest BCUT2D eigenvalue weighted by Crippen LogP contribution is -2.57. The summed E-state index contributed by atoms with van der Waals surface area (Å²) in [5, 5.41) is 11.3. The SMILES string of the molecule is O=C(O)CC1C(=O)NCCN1C(=O)c1ccoc1. The van der Waals surface area contributed by atoms with Crippen LogP contribution in [0.4, 0.5) is 0 Å². The van der Waals surface area contributed by atoms with E-state index in [1.807, 2.05) is 0 Å². The number of carbonyl (C=O) groups excluding carboxylic acids is 2. The van der Waals surface area contributed by atoms with Gasteiger partial charge in [0.2, 0.25) is 5.91 Å². The van der Waals surface area contributed by atoms with E-state index in [1.165, 1.54) is 23.5 Å². The summed E-state index contributed by atoms with van der Waals surface area (Å²) in [5.41, 5.74) is 0.306. The fraction of sp³-hybridized carbons (Fsp3) is 0.364. The highest BCUT2D eigenvalue weighted by atomic mass is 16.4. The normalized spacial score (nSPS) is 19.4. The van der Waals surface area contributed by atoms with Crippen molar-refractivity contribution in [2.75, 3.05) is 13.1 Å². The molecule has 1 aromatic heterocycles. The van der Waals surface area contributed by atoms with Crippen molar-refractivity contribution in [3.05, 3.63) is 24.2 Å². The van der Waals surface area contributed by atoms with E-state index in [0.717, 1.165) is 0 Å². The molecule has 1 aliphatic heterocycles. The topological polar surface area (TPSA) is 99.8 Å². The lowest BCUT2D eigenvalue weighted by Gasteiger charge is -2.33. The molecule has 0 spiro atoms. The Morgan fingerprint density at radius 2 is 2.33 bits per heavy atom. The van der Waals surface area contributed by atoms with Gasteiger partial charge < -0.3 is 19.7 Å². The maximum Gasteiger partial charge on any atom is 0.305 e. The predicted molar refractivity (Wildman–Crippen MR) is 58.8 cm³/mol. The molecular weight excluding hydrogens is 240 g/mol. The summed E-state index contributed by atoms with van der Waals surface area (Å²) in [6.45, 7) is 0.603. The quantitative estimate of drug-likeness (QED) is 0.769. The molecule has 18 heavy (non-hydrogen) atoms. The van der Waals surface area contributed by atoms with Gasteiger partial charge in [0.15, 0.2) is 0 Å². The Morgan fingerprint density at radius 3 is 2.94 bits per heavy atom. The fourth-order valence-electron chi connectivity index (χ4n) is 1.88. The fourth-order valence-corrected chi connectivity index (χ4v) is 1.88. The van der Waals surface area contributed by atoms with Gasteiger partial charge >= 0.3 is 5.97 Å². The first-order chi connectivity index (χ1) is 8.59. The van der Waals surface area contributed by atoms with Crippen LogP contribution in [0.25, 0.3) is 0 Å². The highest BCUT2D eigenvalue weighted by molar-refractivity contribution is 5.98. The number of carboxylic acids is 1. The van der Waals surface area contributed by atoms with Gasteiger partial charge in [0.05, 0.1) is 18.2 Å². The van der Waals surface area contributed by atoms with Crippen LogP contribution in [0, 0.1) is 0 Å². The zero-order chi connectivity index (χ0) is 13.1. The van der Waals surface area contributed by atoms with Gasteiger partial charge in [0, 0.05) is 13.1 Å². The summed E-state index contributed by atoms with van der Waals surface area (Å²) in [6, 6.07) is 0.505. The van der Waals surface area contributed by atoms with Gasteiger partial charge in [0.1, 0.15) is 12.3 Å². The van der Waals surface area contributed by atoms with Crippen molar-refractivity contribution in [2.45, 2.75) is 12.5 Å². The molecule has 2 amide bonds. The molecule has 1 aliphatic rings. The number of rotatable bonds is 3. The smallest absolute Gasteiger partial charge is 0.305 e. The lowest BCUT2D eigenvalue weighted by atomic mass is 10.1. The Morgan fingerprint density at radius 1 is 1.56 bits per heavy atom. The number of carbonyl (C=O) groups is 3. The van der Waals surface area contributed by atoms with Gasteiger partial charge in [-0.15, -0.1) is 0 Å². The highest BCUT2D eigenvalue weighted by Gasteiger charge is 2.35. The van der Waals surface area contributed by atoms with E-state index in [-0.39, 0.29) is 6.54 Å². The molecule has 0 bridgehead atoms. The largest absolute Gasteiger partial charge is 0.481 e. The van der Waals surface area contributed by atoms with Gasteiger partial charge in [-0.05, 0) is 6.07 Å². The van der Waals surface area contributed by atoms with Crippen LogP contribution in [0.1, 0.15) is 16.8 Å². The summed E-state index contributed by atoms with van der Waals surface area (Å²) >= 11 is 0. The van der Waals surface area contributed by atoms with Crippen LogP contribution in [0.15, 0.2) is 23.0 Å². The summed E-state index contributed by atoms with van der Waals surface area (Å²) < 4.78 is 4.81. The Labute approximate surface area is 102 Å². The Kier molecular flexibility index (Phi) is 3.31. The molecule has 1 fully saturated rings. The molecule has 7 heteroatoms. The van der Waals surface area contributed by atoms with E-state index in [1.54, 1.807) is 0 Å². The Balaban J connectivity index is 2.20. The lowest BCUT2D eigenvalue weighted by molar-refractivity contribution is -0.142. The minimum atomic E-state index is -1.12. The van der Waals surface area contributed by atoms with E-state index in [4.69, 9.17) is 9.52 Å². The van der Waals surface area contributed by atoms with Crippen molar-refractivity contribution in [1.82, 2.24) is 10.2 Å². The number of aliphatic carboxylic acids is 1. The van der Waals surface area contributed by atoms with Gasteiger partial charge in [-0.3, -0.25) is 14.4 Å². The standard InChI is InChI=1S/C11H12N2O5/c14-9(15)5-8-10(16)12-2-3-13(8)11(17)7-1-4-18-6-7/h1,4,6,8H,2-3,5H2,(H,12,16)(H,14,15). The molecule has 2 N–H and O–H groups in total. The van der Waals surface area contributed by atoms with Gasteiger partial charge in [-0.25, -0.2) is 0 Å². The third kappa shape index (κ3) is 2.34. The molecular formula is C11H12N2O5. The zero-order valence-electron chi connectivity index (χ0n) is 9.46. The average molecular weight is 252 g/mol. The summed E-state index contributed by atoms with van der Waals surface area (Å²) in [7, 11) is 0. The van der Waals surface area contributed by atoms with Crippen LogP contribution >= 0.6 is 0 Å². The van der Waals surface area contributed by atoms with Crippen LogP contribution in [0.5, 0.6) is 0 Å². The first kappa shape index (κ1) is 12.2. The molecule has 0 radical (unpaired) electrons. The number of carboxylic acid groups (broad SMARTS) is 1. The van der Waals surface area contributed by atoms with Crippen LogP contribution in [0.3, 0.4) is 0 Å². The van der Waals surface area contributed by atoms with E-state index in [9.17, 15) is 14.4 Å². The van der Waals surface area contributed by atoms with Crippen molar-refractivity contribution in [1.29, 1.82) is 0 Å². The van der Waals surface area contributed by atoms with E-state index < -0.39 is 30.2 Å².